The van der Waals surface area contributed by atoms with Crippen LogP contribution in [0, 0.1) is 13.8 Å². The molecule has 0 aromatic carbocycles. The molecule has 2 rings (SSSR count). The van der Waals surface area contributed by atoms with Crippen molar-refractivity contribution in [1.82, 2.24) is 9.69 Å². The molecule has 2 heterocycles. The number of anilines is 1. The second kappa shape index (κ2) is 3.64. The zero-order chi connectivity index (χ0) is 9.26. The van der Waals surface area contributed by atoms with Gasteiger partial charge in [-0.2, -0.15) is 4.37 Å². The highest BCUT2D eigenvalue weighted by Gasteiger charge is 2.15. The summed E-state index contributed by atoms with van der Waals surface area (Å²) in [5.41, 5.74) is 1.35. The molecule has 0 saturated carbocycles. The molecule has 0 radical (unpaired) electrons. The summed E-state index contributed by atoms with van der Waals surface area (Å²) in [5, 5.41) is 3.34. The Balaban J connectivity index is 2.18. The molecule has 1 aliphatic heterocycles. The van der Waals surface area contributed by atoms with Crippen LogP contribution in [0.3, 0.4) is 0 Å². The number of aromatic nitrogens is 1. The molecule has 0 spiro atoms. The normalized spacial score (nSPS) is 17.8. The molecule has 0 amide bonds. The number of aryl methyl sites for hydroxylation is 1. The predicted octanol–water partition coefficient (Wildman–Crippen LogP) is 1.17. The Bertz CT molecular complexity index is 289. The van der Waals surface area contributed by atoms with Gasteiger partial charge in [0.1, 0.15) is 5.82 Å². The molecule has 1 saturated heterocycles. The van der Waals surface area contributed by atoms with Crippen LogP contribution in [-0.2, 0) is 0 Å². The summed E-state index contributed by atoms with van der Waals surface area (Å²) in [6.45, 7) is 8.63. The van der Waals surface area contributed by atoms with Crippen molar-refractivity contribution in [2.45, 2.75) is 13.8 Å². The maximum atomic E-state index is 4.48. The Morgan fingerprint density at radius 3 is 2.54 bits per heavy atom. The van der Waals surface area contributed by atoms with E-state index in [0.29, 0.717) is 0 Å². The minimum atomic E-state index is 1.08. The quantitative estimate of drug-likeness (QED) is 0.732. The zero-order valence-electron chi connectivity index (χ0n) is 8.13. The number of nitrogens with one attached hydrogen (secondary N) is 1. The van der Waals surface area contributed by atoms with E-state index in [1.807, 2.05) is 0 Å². The molecular weight excluding hydrogens is 182 g/mol. The van der Waals surface area contributed by atoms with Gasteiger partial charge in [-0.15, -0.1) is 0 Å². The minimum absolute atomic E-state index is 1.08. The fourth-order valence-corrected chi connectivity index (χ4v) is 2.28. The first-order valence-electron chi connectivity index (χ1n) is 4.67. The van der Waals surface area contributed by atoms with E-state index < -0.39 is 0 Å². The fraction of sp³-hybridized carbons (Fsp3) is 0.667. The third-order valence-electron chi connectivity index (χ3n) is 2.55. The van der Waals surface area contributed by atoms with Gasteiger partial charge in [-0.25, -0.2) is 0 Å². The molecule has 0 bridgehead atoms. The maximum absolute atomic E-state index is 4.48. The first kappa shape index (κ1) is 8.97. The van der Waals surface area contributed by atoms with Crippen molar-refractivity contribution < 1.29 is 0 Å². The molecule has 0 unspecified atom stereocenters. The number of hydrogen-bond acceptors (Lipinski definition) is 4. The van der Waals surface area contributed by atoms with Crippen molar-refractivity contribution in [3.63, 3.8) is 0 Å². The summed E-state index contributed by atoms with van der Waals surface area (Å²) < 4.78 is 4.48. The number of hydrogen-bond donors (Lipinski definition) is 1. The van der Waals surface area contributed by atoms with Crippen LogP contribution in [0.2, 0.25) is 0 Å². The van der Waals surface area contributed by atoms with Gasteiger partial charge >= 0.3 is 0 Å². The predicted molar refractivity (Wildman–Crippen MR) is 56.7 cm³/mol. The summed E-state index contributed by atoms with van der Waals surface area (Å²) in [7, 11) is 0. The highest BCUT2D eigenvalue weighted by molar-refractivity contribution is 7.06. The topological polar surface area (TPSA) is 28.2 Å². The molecule has 3 nitrogen and oxygen atoms in total. The van der Waals surface area contributed by atoms with Crippen LogP contribution >= 0.6 is 11.5 Å². The van der Waals surface area contributed by atoms with Gasteiger partial charge < -0.3 is 10.2 Å². The monoisotopic (exact) mass is 197 g/mol. The Hall–Kier alpha value is -0.610. The van der Waals surface area contributed by atoms with Crippen LogP contribution in [-0.4, -0.2) is 30.6 Å². The number of nitrogens with zero attached hydrogens (tertiary/aromatic N) is 2. The van der Waals surface area contributed by atoms with Crippen LogP contribution in [0.25, 0.3) is 0 Å². The second-order valence-electron chi connectivity index (χ2n) is 3.42. The Labute approximate surface area is 82.9 Å². The molecule has 72 valence electrons. The highest BCUT2D eigenvalue weighted by atomic mass is 32.1. The van der Waals surface area contributed by atoms with Crippen LogP contribution in [0.4, 0.5) is 5.82 Å². The molecule has 0 atom stereocenters. The maximum Gasteiger partial charge on any atom is 0.145 e. The Morgan fingerprint density at radius 2 is 2.00 bits per heavy atom. The number of rotatable bonds is 1. The standard InChI is InChI=1S/C9H15N3S/c1-7-8(2)13-11-9(7)12-5-3-10-4-6-12/h10H,3-6H2,1-2H3. The molecule has 1 fully saturated rings. The van der Waals surface area contributed by atoms with Gasteiger partial charge in [-0.1, -0.05) is 0 Å². The smallest absolute Gasteiger partial charge is 0.145 e. The highest BCUT2D eigenvalue weighted by Crippen LogP contribution is 2.24. The first-order valence-corrected chi connectivity index (χ1v) is 5.45. The average molecular weight is 197 g/mol. The molecular formula is C9H15N3S. The van der Waals surface area contributed by atoms with E-state index in [1.165, 1.54) is 16.3 Å². The van der Waals surface area contributed by atoms with Gasteiger partial charge in [0.05, 0.1) is 0 Å². The van der Waals surface area contributed by atoms with Gasteiger partial charge in [-0.3, -0.25) is 0 Å². The average Bonchev–Trinajstić information content (AvgIpc) is 2.49. The van der Waals surface area contributed by atoms with Gasteiger partial charge in [0.15, 0.2) is 0 Å². The van der Waals surface area contributed by atoms with E-state index in [1.54, 1.807) is 11.5 Å². The minimum Gasteiger partial charge on any atom is -0.353 e. The zero-order valence-corrected chi connectivity index (χ0v) is 8.95. The van der Waals surface area contributed by atoms with Gasteiger partial charge in [0.2, 0.25) is 0 Å². The number of piperazine rings is 1. The lowest BCUT2D eigenvalue weighted by Crippen LogP contribution is -2.43. The summed E-state index contributed by atoms with van der Waals surface area (Å²) in [5.74, 6) is 1.20. The van der Waals surface area contributed by atoms with E-state index in [-0.39, 0.29) is 0 Å². The van der Waals surface area contributed by atoms with Gasteiger partial charge in [-0.05, 0) is 25.4 Å². The van der Waals surface area contributed by atoms with Crippen LogP contribution < -0.4 is 10.2 Å². The van der Waals surface area contributed by atoms with Crippen molar-refractivity contribution in [3.05, 3.63) is 10.4 Å². The summed E-state index contributed by atoms with van der Waals surface area (Å²) >= 11 is 1.61. The van der Waals surface area contributed by atoms with Gasteiger partial charge in [0.25, 0.3) is 0 Å². The first-order chi connectivity index (χ1) is 6.29. The summed E-state index contributed by atoms with van der Waals surface area (Å²) in [6, 6.07) is 0. The SMILES string of the molecule is Cc1snc(N2CCNCC2)c1C. The van der Waals surface area contributed by atoms with Crippen LogP contribution in [0.15, 0.2) is 0 Å². The molecule has 0 aliphatic carbocycles. The third-order valence-corrected chi connectivity index (χ3v) is 3.39. The van der Waals surface area contributed by atoms with Crippen LogP contribution in [0.5, 0.6) is 0 Å². The Kier molecular flexibility index (Phi) is 2.51. The molecule has 1 aliphatic rings. The second-order valence-corrected chi connectivity index (χ2v) is 4.40. The van der Waals surface area contributed by atoms with Crippen molar-refractivity contribution in [3.8, 4) is 0 Å². The molecule has 4 heteroatoms. The summed E-state index contributed by atoms with van der Waals surface area (Å²) in [4.78, 5) is 3.71. The molecule has 1 aromatic heterocycles. The summed E-state index contributed by atoms with van der Waals surface area (Å²) in [6.07, 6.45) is 0. The fourth-order valence-electron chi connectivity index (χ4n) is 1.58. The molecule has 1 aromatic rings. The lowest BCUT2D eigenvalue weighted by molar-refractivity contribution is 0.585. The van der Waals surface area contributed by atoms with Crippen molar-refractivity contribution >= 4 is 17.4 Å². The largest absolute Gasteiger partial charge is 0.353 e. The Morgan fingerprint density at radius 1 is 1.31 bits per heavy atom. The van der Waals surface area contributed by atoms with Crippen molar-refractivity contribution in [2.75, 3.05) is 31.1 Å². The van der Waals surface area contributed by atoms with E-state index >= 15 is 0 Å². The van der Waals surface area contributed by atoms with E-state index in [2.05, 4.69) is 28.4 Å². The van der Waals surface area contributed by atoms with Crippen LogP contribution in [0.1, 0.15) is 10.4 Å². The third kappa shape index (κ3) is 1.69. The lowest BCUT2D eigenvalue weighted by Gasteiger charge is -2.28. The lowest BCUT2D eigenvalue weighted by atomic mass is 10.2. The van der Waals surface area contributed by atoms with Gasteiger partial charge in [0, 0.05) is 36.6 Å². The van der Waals surface area contributed by atoms with E-state index in [9.17, 15) is 0 Å². The van der Waals surface area contributed by atoms with E-state index in [0.717, 1.165) is 26.2 Å². The van der Waals surface area contributed by atoms with Crippen molar-refractivity contribution in [2.24, 2.45) is 0 Å². The molecule has 1 N–H and O–H groups in total. The van der Waals surface area contributed by atoms with E-state index in [4.69, 9.17) is 0 Å². The molecule has 13 heavy (non-hydrogen) atoms. The van der Waals surface area contributed by atoms with Crippen molar-refractivity contribution in [1.29, 1.82) is 0 Å².